The lowest BCUT2D eigenvalue weighted by Crippen LogP contribution is -2.42. The molecule has 22 heavy (non-hydrogen) atoms. The molecule has 1 unspecified atom stereocenters. The minimum Gasteiger partial charge on any atom is -0.449 e. The van der Waals surface area contributed by atoms with Crippen LogP contribution in [0, 0.1) is 20.8 Å². The second-order valence-corrected chi connectivity index (χ2v) is 8.10. The average molecular weight is 325 g/mol. The Morgan fingerprint density at radius 2 is 1.86 bits per heavy atom. The summed E-state index contributed by atoms with van der Waals surface area (Å²) in [5.74, 6) is 0.121. The van der Waals surface area contributed by atoms with Gasteiger partial charge in [-0.25, -0.2) is 13.2 Å². The first kappa shape index (κ1) is 16.8. The van der Waals surface area contributed by atoms with Gasteiger partial charge in [-0.2, -0.15) is 0 Å². The van der Waals surface area contributed by atoms with Crippen molar-refractivity contribution < 1.29 is 17.9 Å². The molecule has 1 aromatic carbocycles. The number of sulfone groups is 1. The Kier molecular flexibility index (Phi) is 4.80. The summed E-state index contributed by atoms with van der Waals surface area (Å²) in [6, 6.07) is 3.64. The van der Waals surface area contributed by atoms with Gasteiger partial charge in [0.2, 0.25) is 0 Å². The highest BCUT2D eigenvalue weighted by molar-refractivity contribution is 7.91. The Morgan fingerprint density at radius 3 is 2.32 bits per heavy atom. The zero-order valence-electron chi connectivity index (χ0n) is 13.5. The van der Waals surface area contributed by atoms with Crippen LogP contribution in [0.3, 0.4) is 0 Å². The number of carbonyl (C=O) groups is 1. The van der Waals surface area contributed by atoms with Crippen LogP contribution in [0.15, 0.2) is 12.1 Å². The number of nitrogens with zero attached hydrogens (tertiary/aromatic N) is 1. The van der Waals surface area contributed by atoms with Crippen LogP contribution in [-0.4, -0.2) is 38.7 Å². The first-order valence-corrected chi connectivity index (χ1v) is 9.31. The van der Waals surface area contributed by atoms with Crippen molar-refractivity contribution in [1.29, 1.82) is 0 Å². The maximum Gasteiger partial charge on any atom is 0.414 e. The highest BCUT2D eigenvalue weighted by atomic mass is 32.2. The second kappa shape index (κ2) is 6.28. The minimum absolute atomic E-state index is 0.00142. The maximum absolute atomic E-state index is 12.4. The van der Waals surface area contributed by atoms with Crippen LogP contribution in [0.4, 0.5) is 10.5 Å². The fraction of sp³-hybridized carbons (Fsp3) is 0.562. The van der Waals surface area contributed by atoms with Crippen LogP contribution in [0.25, 0.3) is 0 Å². The number of anilines is 1. The third kappa shape index (κ3) is 3.43. The molecule has 5 nitrogen and oxygen atoms in total. The van der Waals surface area contributed by atoms with E-state index in [9.17, 15) is 13.2 Å². The molecule has 2 rings (SSSR count). The highest BCUT2D eigenvalue weighted by Crippen LogP contribution is 2.32. The molecule has 0 spiro atoms. The van der Waals surface area contributed by atoms with Crippen molar-refractivity contribution in [1.82, 2.24) is 0 Å². The largest absolute Gasteiger partial charge is 0.449 e. The Balaban J connectivity index is 2.48. The molecule has 0 radical (unpaired) electrons. The third-order valence-electron chi connectivity index (χ3n) is 3.91. The van der Waals surface area contributed by atoms with Crippen LogP contribution < -0.4 is 4.90 Å². The van der Waals surface area contributed by atoms with Gasteiger partial charge in [-0.05, 0) is 45.2 Å². The Labute approximate surface area is 132 Å². The SMILES string of the molecule is CCOC(=O)N(c1c(C)cc(C)cc1C)C1CCS(=O)(=O)C1. The van der Waals surface area contributed by atoms with E-state index in [-0.39, 0.29) is 24.2 Å². The molecule has 1 saturated heterocycles. The van der Waals surface area contributed by atoms with E-state index in [1.807, 2.05) is 32.9 Å². The highest BCUT2D eigenvalue weighted by Gasteiger charge is 2.37. The lowest BCUT2D eigenvalue weighted by molar-refractivity contribution is 0.157. The van der Waals surface area contributed by atoms with Crippen molar-refractivity contribution in [2.45, 2.75) is 40.2 Å². The molecule has 1 amide bonds. The maximum atomic E-state index is 12.4. The van der Waals surface area contributed by atoms with Gasteiger partial charge in [0.1, 0.15) is 0 Å². The number of hydrogen-bond donors (Lipinski definition) is 0. The Morgan fingerprint density at radius 1 is 1.27 bits per heavy atom. The zero-order chi connectivity index (χ0) is 16.5. The molecule has 1 aliphatic heterocycles. The van der Waals surface area contributed by atoms with E-state index >= 15 is 0 Å². The van der Waals surface area contributed by atoms with Crippen molar-refractivity contribution >= 4 is 21.6 Å². The van der Waals surface area contributed by atoms with Gasteiger partial charge in [0.05, 0.1) is 29.8 Å². The number of ether oxygens (including phenoxy) is 1. The number of rotatable bonds is 3. The molecule has 1 fully saturated rings. The van der Waals surface area contributed by atoms with E-state index in [1.54, 1.807) is 6.92 Å². The molecule has 1 heterocycles. The van der Waals surface area contributed by atoms with Gasteiger partial charge in [-0.3, -0.25) is 4.90 Å². The van der Waals surface area contributed by atoms with Crippen molar-refractivity contribution in [2.75, 3.05) is 23.0 Å². The van der Waals surface area contributed by atoms with E-state index in [4.69, 9.17) is 4.74 Å². The zero-order valence-corrected chi connectivity index (χ0v) is 14.4. The van der Waals surface area contributed by atoms with Gasteiger partial charge >= 0.3 is 6.09 Å². The number of aryl methyl sites for hydroxylation is 3. The average Bonchev–Trinajstić information content (AvgIpc) is 2.73. The normalized spacial score (nSPS) is 19.9. The molecule has 0 N–H and O–H groups in total. The van der Waals surface area contributed by atoms with E-state index in [2.05, 4.69) is 0 Å². The predicted octanol–water partition coefficient (Wildman–Crippen LogP) is 2.76. The first-order valence-electron chi connectivity index (χ1n) is 7.49. The molecule has 0 saturated carbocycles. The molecular formula is C16H23NO4S. The van der Waals surface area contributed by atoms with Crippen molar-refractivity contribution in [3.8, 4) is 0 Å². The fourth-order valence-electron chi connectivity index (χ4n) is 3.15. The van der Waals surface area contributed by atoms with Gasteiger partial charge < -0.3 is 4.74 Å². The smallest absolute Gasteiger partial charge is 0.414 e. The van der Waals surface area contributed by atoms with Crippen LogP contribution in [-0.2, 0) is 14.6 Å². The summed E-state index contributed by atoms with van der Waals surface area (Å²) in [6.07, 6.45) is -0.0203. The Bertz CT molecular complexity index is 658. The molecule has 1 aromatic rings. The first-order chi connectivity index (χ1) is 10.2. The van der Waals surface area contributed by atoms with Crippen molar-refractivity contribution in [3.05, 3.63) is 28.8 Å². The summed E-state index contributed by atoms with van der Waals surface area (Å²) in [7, 11) is -3.08. The summed E-state index contributed by atoms with van der Waals surface area (Å²) >= 11 is 0. The molecule has 122 valence electrons. The van der Waals surface area contributed by atoms with E-state index in [0.29, 0.717) is 6.42 Å². The second-order valence-electron chi connectivity index (χ2n) is 5.87. The number of benzene rings is 1. The van der Waals surface area contributed by atoms with Crippen molar-refractivity contribution in [2.24, 2.45) is 0 Å². The summed E-state index contributed by atoms with van der Waals surface area (Å²) in [6.45, 7) is 7.88. The monoisotopic (exact) mass is 325 g/mol. The lowest BCUT2D eigenvalue weighted by Gasteiger charge is -2.30. The quantitative estimate of drug-likeness (QED) is 0.857. The Hall–Kier alpha value is -1.56. The summed E-state index contributed by atoms with van der Waals surface area (Å²) in [5, 5.41) is 0. The fourth-order valence-corrected chi connectivity index (χ4v) is 4.85. The summed E-state index contributed by atoms with van der Waals surface area (Å²) < 4.78 is 28.8. The number of hydrogen-bond acceptors (Lipinski definition) is 4. The minimum atomic E-state index is -3.08. The lowest BCUT2D eigenvalue weighted by atomic mass is 10.0. The van der Waals surface area contributed by atoms with Crippen LogP contribution >= 0.6 is 0 Å². The molecule has 1 atom stereocenters. The van der Waals surface area contributed by atoms with Crippen LogP contribution in [0.2, 0.25) is 0 Å². The standard InChI is InChI=1S/C16H23NO4S/c1-5-21-16(18)17(14-6-7-22(19,20)10-14)15-12(3)8-11(2)9-13(15)4/h8-9,14H,5-7,10H2,1-4H3. The molecular weight excluding hydrogens is 302 g/mol. The summed E-state index contributed by atoms with van der Waals surface area (Å²) in [5.41, 5.74) is 3.79. The van der Waals surface area contributed by atoms with Crippen LogP contribution in [0.5, 0.6) is 0 Å². The van der Waals surface area contributed by atoms with Gasteiger partial charge in [-0.1, -0.05) is 17.7 Å². The molecule has 1 aliphatic rings. The molecule has 0 bridgehead atoms. The van der Waals surface area contributed by atoms with Gasteiger partial charge in [-0.15, -0.1) is 0 Å². The number of amides is 1. The summed E-state index contributed by atoms with van der Waals surface area (Å²) in [4.78, 5) is 14.0. The van der Waals surface area contributed by atoms with E-state index < -0.39 is 15.9 Å². The van der Waals surface area contributed by atoms with E-state index in [0.717, 1.165) is 22.4 Å². The molecule has 0 aromatic heterocycles. The van der Waals surface area contributed by atoms with Crippen LogP contribution in [0.1, 0.15) is 30.0 Å². The van der Waals surface area contributed by atoms with Gasteiger partial charge in [0.25, 0.3) is 0 Å². The van der Waals surface area contributed by atoms with Crippen molar-refractivity contribution in [3.63, 3.8) is 0 Å². The molecule has 6 heteroatoms. The topological polar surface area (TPSA) is 63.7 Å². The van der Waals surface area contributed by atoms with E-state index in [1.165, 1.54) is 4.90 Å². The third-order valence-corrected chi connectivity index (χ3v) is 5.66. The van der Waals surface area contributed by atoms with Gasteiger partial charge in [0.15, 0.2) is 9.84 Å². The number of carbonyl (C=O) groups excluding carboxylic acids is 1. The van der Waals surface area contributed by atoms with Gasteiger partial charge in [0, 0.05) is 0 Å². The predicted molar refractivity (Wildman–Crippen MR) is 87.2 cm³/mol. The molecule has 0 aliphatic carbocycles.